The Bertz CT molecular complexity index is 1000. The van der Waals surface area contributed by atoms with Crippen LogP contribution < -0.4 is 4.90 Å². The molecule has 3 aromatic rings. The first-order chi connectivity index (χ1) is 14.0. The van der Waals surface area contributed by atoms with Gasteiger partial charge in [0.05, 0.1) is 6.20 Å². The van der Waals surface area contributed by atoms with E-state index in [1.54, 1.807) is 19.3 Å². The Morgan fingerprint density at radius 1 is 1.03 bits per heavy atom. The van der Waals surface area contributed by atoms with E-state index in [1.807, 2.05) is 42.2 Å². The zero-order valence-electron chi connectivity index (χ0n) is 17.2. The third kappa shape index (κ3) is 4.05. The minimum absolute atomic E-state index is 0.0656. The first-order valence-electron chi connectivity index (χ1n) is 9.90. The van der Waals surface area contributed by atoms with Crippen LogP contribution in [0.4, 0.5) is 5.82 Å². The van der Waals surface area contributed by atoms with Gasteiger partial charge in [-0.25, -0.2) is 4.98 Å². The zero-order chi connectivity index (χ0) is 20.4. The number of hydrogen-bond acceptors (Lipinski definition) is 6. The van der Waals surface area contributed by atoms with Crippen LogP contribution in [0.15, 0.2) is 42.9 Å². The average Bonchev–Trinajstić information content (AvgIpc) is 3.06. The molecule has 1 aliphatic heterocycles. The molecule has 150 valence electrons. The van der Waals surface area contributed by atoms with Gasteiger partial charge >= 0.3 is 0 Å². The van der Waals surface area contributed by atoms with Gasteiger partial charge in [0.15, 0.2) is 11.6 Å². The van der Waals surface area contributed by atoms with Crippen molar-refractivity contribution in [1.82, 2.24) is 24.6 Å². The molecule has 1 aliphatic rings. The summed E-state index contributed by atoms with van der Waals surface area (Å²) >= 11 is 0. The molecule has 0 unspecified atom stereocenters. The summed E-state index contributed by atoms with van der Waals surface area (Å²) in [6, 6.07) is 7.60. The van der Waals surface area contributed by atoms with E-state index >= 15 is 0 Å². The highest BCUT2D eigenvalue weighted by molar-refractivity contribution is 5.94. The van der Waals surface area contributed by atoms with Gasteiger partial charge < -0.3 is 4.90 Å². The van der Waals surface area contributed by atoms with Crippen molar-refractivity contribution < 1.29 is 4.79 Å². The van der Waals surface area contributed by atoms with Crippen molar-refractivity contribution in [2.24, 2.45) is 7.05 Å². The number of aromatic nitrogens is 4. The normalized spacial score (nSPS) is 14.9. The van der Waals surface area contributed by atoms with Crippen molar-refractivity contribution in [3.05, 3.63) is 59.7 Å². The molecule has 0 bridgehead atoms. The molecule has 0 radical (unpaired) electrons. The molecule has 7 nitrogen and oxygen atoms in total. The second-order valence-electron chi connectivity index (χ2n) is 7.50. The Morgan fingerprint density at radius 3 is 2.34 bits per heavy atom. The topological polar surface area (TPSA) is 67.2 Å². The SMILES string of the molecule is CC(=O)c1ccc(-c2nccnc2N2CCN(Cc3cnn(C)c3C)CC2)cc1. The summed E-state index contributed by atoms with van der Waals surface area (Å²) in [6.07, 6.45) is 5.43. The smallest absolute Gasteiger partial charge is 0.159 e. The lowest BCUT2D eigenvalue weighted by Crippen LogP contribution is -2.46. The van der Waals surface area contributed by atoms with Gasteiger partial charge in [-0.3, -0.25) is 19.4 Å². The summed E-state index contributed by atoms with van der Waals surface area (Å²) in [5, 5.41) is 4.35. The minimum atomic E-state index is 0.0656. The van der Waals surface area contributed by atoms with Gasteiger partial charge in [-0.2, -0.15) is 5.10 Å². The highest BCUT2D eigenvalue weighted by atomic mass is 16.1. The van der Waals surface area contributed by atoms with E-state index in [2.05, 4.69) is 31.8 Å². The summed E-state index contributed by atoms with van der Waals surface area (Å²) < 4.78 is 1.93. The van der Waals surface area contributed by atoms with E-state index < -0.39 is 0 Å². The van der Waals surface area contributed by atoms with Crippen molar-refractivity contribution in [1.29, 1.82) is 0 Å². The number of anilines is 1. The monoisotopic (exact) mass is 390 g/mol. The fraction of sp³-hybridized carbons (Fsp3) is 0.364. The fourth-order valence-electron chi connectivity index (χ4n) is 3.69. The van der Waals surface area contributed by atoms with Crippen molar-refractivity contribution in [3.8, 4) is 11.3 Å². The molecule has 3 heterocycles. The molecule has 1 aromatic carbocycles. The first kappa shape index (κ1) is 19.3. The molecule has 1 fully saturated rings. The summed E-state index contributed by atoms with van der Waals surface area (Å²) in [5.41, 5.74) is 5.05. The second kappa shape index (κ2) is 8.13. The first-order valence-corrected chi connectivity index (χ1v) is 9.90. The second-order valence-corrected chi connectivity index (χ2v) is 7.50. The molecule has 0 saturated carbocycles. The Balaban J connectivity index is 1.47. The largest absolute Gasteiger partial charge is 0.352 e. The molecular formula is C22H26N6O. The molecule has 0 amide bonds. The number of aryl methyl sites for hydroxylation is 1. The molecule has 0 spiro atoms. The lowest BCUT2D eigenvalue weighted by molar-refractivity contribution is 0.101. The van der Waals surface area contributed by atoms with E-state index in [4.69, 9.17) is 0 Å². The fourth-order valence-corrected chi connectivity index (χ4v) is 3.69. The lowest BCUT2D eigenvalue weighted by Gasteiger charge is -2.35. The van der Waals surface area contributed by atoms with Crippen LogP contribution in [0.5, 0.6) is 0 Å². The number of piperazine rings is 1. The van der Waals surface area contributed by atoms with Gasteiger partial charge in [-0.1, -0.05) is 24.3 Å². The number of Topliss-reactive ketones (excluding diaryl/α,β-unsaturated/α-hetero) is 1. The van der Waals surface area contributed by atoms with E-state index in [0.717, 1.165) is 49.8 Å². The summed E-state index contributed by atoms with van der Waals surface area (Å²) in [4.78, 5) is 25.5. The number of benzene rings is 1. The summed E-state index contributed by atoms with van der Waals surface area (Å²) in [7, 11) is 1.98. The van der Waals surface area contributed by atoms with Crippen LogP contribution >= 0.6 is 0 Å². The molecule has 1 saturated heterocycles. The number of hydrogen-bond donors (Lipinski definition) is 0. The molecule has 0 atom stereocenters. The average molecular weight is 390 g/mol. The van der Waals surface area contributed by atoms with Gasteiger partial charge in [0.1, 0.15) is 5.69 Å². The Morgan fingerprint density at radius 2 is 1.72 bits per heavy atom. The van der Waals surface area contributed by atoms with E-state index in [0.29, 0.717) is 5.56 Å². The maximum absolute atomic E-state index is 11.5. The van der Waals surface area contributed by atoms with Crippen LogP contribution in [0.2, 0.25) is 0 Å². The Hall–Kier alpha value is -3.06. The molecule has 0 aliphatic carbocycles. The van der Waals surface area contributed by atoms with Crippen LogP contribution in [0.25, 0.3) is 11.3 Å². The summed E-state index contributed by atoms with van der Waals surface area (Å²) in [5.74, 6) is 0.969. The van der Waals surface area contributed by atoms with E-state index in [-0.39, 0.29) is 5.78 Å². The quantitative estimate of drug-likeness (QED) is 0.624. The van der Waals surface area contributed by atoms with Crippen molar-refractivity contribution in [2.45, 2.75) is 20.4 Å². The standard InChI is InChI=1S/C22H26N6O/c1-16-20(14-25-26(16)3)15-27-10-12-28(13-11-27)22-21(23-8-9-24-22)19-6-4-18(5-7-19)17(2)29/h4-9,14H,10-13,15H2,1-3H3. The van der Waals surface area contributed by atoms with E-state index in [9.17, 15) is 4.79 Å². The van der Waals surface area contributed by atoms with Gasteiger partial charge in [0.25, 0.3) is 0 Å². The van der Waals surface area contributed by atoms with Crippen LogP contribution in [-0.2, 0) is 13.6 Å². The Labute approximate surface area is 171 Å². The maximum Gasteiger partial charge on any atom is 0.159 e. The minimum Gasteiger partial charge on any atom is -0.352 e. The third-order valence-corrected chi connectivity index (χ3v) is 5.65. The zero-order valence-corrected chi connectivity index (χ0v) is 17.2. The van der Waals surface area contributed by atoms with Crippen molar-refractivity contribution >= 4 is 11.6 Å². The number of carbonyl (C=O) groups excluding carboxylic acids is 1. The van der Waals surface area contributed by atoms with Crippen LogP contribution in [0, 0.1) is 6.92 Å². The van der Waals surface area contributed by atoms with Gasteiger partial charge in [-0.05, 0) is 13.8 Å². The van der Waals surface area contributed by atoms with Crippen LogP contribution in [0.1, 0.15) is 28.5 Å². The van der Waals surface area contributed by atoms with Crippen molar-refractivity contribution in [3.63, 3.8) is 0 Å². The van der Waals surface area contributed by atoms with Crippen molar-refractivity contribution in [2.75, 3.05) is 31.1 Å². The molecule has 0 N–H and O–H groups in total. The van der Waals surface area contributed by atoms with Gasteiger partial charge in [-0.15, -0.1) is 0 Å². The highest BCUT2D eigenvalue weighted by Gasteiger charge is 2.22. The van der Waals surface area contributed by atoms with Gasteiger partial charge in [0, 0.05) is 74.5 Å². The van der Waals surface area contributed by atoms with E-state index in [1.165, 1.54) is 11.3 Å². The van der Waals surface area contributed by atoms with Gasteiger partial charge in [0.2, 0.25) is 0 Å². The predicted molar refractivity (Wildman–Crippen MR) is 113 cm³/mol. The highest BCUT2D eigenvalue weighted by Crippen LogP contribution is 2.28. The predicted octanol–water partition coefficient (Wildman–Crippen LogP) is 2.71. The molecule has 4 rings (SSSR count). The molecular weight excluding hydrogens is 364 g/mol. The Kier molecular flexibility index (Phi) is 5.40. The number of ketones is 1. The number of carbonyl (C=O) groups is 1. The van der Waals surface area contributed by atoms with Crippen LogP contribution in [-0.4, -0.2) is 56.6 Å². The number of nitrogens with zero attached hydrogens (tertiary/aromatic N) is 6. The molecule has 2 aromatic heterocycles. The summed E-state index contributed by atoms with van der Waals surface area (Å²) in [6.45, 7) is 8.35. The molecule has 29 heavy (non-hydrogen) atoms. The third-order valence-electron chi connectivity index (χ3n) is 5.65. The molecule has 7 heteroatoms. The van der Waals surface area contributed by atoms with Crippen LogP contribution in [0.3, 0.4) is 0 Å². The maximum atomic E-state index is 11.5. The lowest BCUT2D eigenvalue weighted by atomic mass is 10.1. The number of rotatable bonds is 5.